The number of nitrogens with zero attached hydrogens (tertiary/aromatic N) is 2. The van der Waals surface area contributed by atoms with Crippen molar-refractivity contribution in [1.82, 2.24) is 10.1 Å². The summed E-state index contributed by atoms with van der Waals surface area (Å²) in [6.07, 6.45) is 0. The molecule has 7 heteroatoms. The highest BCUT2D eigenvalue weighted by molar-refractivity contribution is 5.94. The van der Waals surface area contributed by atoms with Gasteiger partial charge in [0, 0.05) is 19.7 Å². The minimum atomic E-state index is -1.27. The van der Waals surface area contributed by atoms with E-state index in [0.29, 0.717) is 12.3 Å². The summed E-state index contributed by atoms with van der Waals surface area (Å²) < 4.78 is 9.68. The number of hydrogen-bond acceptors (Lipinski definition) is 5. The van der Waals surface area contributed by atoms with Crippen LogP contribution in [0.15, 0.2) is 34.9 Å². The summed E-state index contributed by atoms with van der Waals surface area (Å²) in [4.78, 5) is 24.2. The molecule has 2 rings (SSSR count). The topological polar surface area (TPSA) is 92.9 Å². The number of methoxy groups -OCH3 is 1. The maximum atomic E-state index is 12.1. The van der Waals surface area contributed by atoms with Gasteiger partial charge in [0.05, 0.1) is 7.11 Å². The summed E-state index contributed by atoms with van der Waals surface area (Å²) in [6, 6.07) is 8.41. The highest BCUT2D eigenvalue weighted by Crippen LogP contribution is 2.15. The van der Waals surface area contributed by atoms with E-state index in [1.165, 1.54) is 4.90 Å². The van der Waals surface area contributed by atoms with E-state index >= 15 is 0 Å². The van der Waals surface area contributed by atoms with E-state index in [1.807, 2.05) is 24.3 Å². The van der Waals surface area contributed by atoms with Crippen molar-refractivity contribution in [3.05, 3.63) is 47.3 Å². The number of rotatable bonds is 5. The van der Waals surface area contributed by atoms with Crippen molar-refractivity contribution in [3.8, 4) is 5.75 Å². The van der Waals surface area contributed by atoms with Crippen LogP contribution in [0, 0.1) is 0 Å². The lowest BCUT2D eigenvalue weighted by molar-refractivity contribution is 0.0649. The summed E-state index contributed by atoms with van der Waals surface area (Å²) in [5.74, 6) is -1.36. The molecule has 0 aliphatic rings. The van der Waals surface area contributed by atoms with Gasteiger partial charge < -0.3 is 19.3 Å². The average Bonchev–Trinajstić information content (AvgIpc) is 2.96. The van der Waals surface area contributed by atoms with Crippen LogP contribution >= 0.6 is 0 Å². The third kappa shape index (κ3) is 3.38. The number of ether oxygens (including phenoxy) is 1. The first kappa shape index (κ1) is 14.6. The average molecular weight is 290 g/mol. The minimum absolute atomic E-state index is 0.0437. The van der Waals surface area contributed by atoms with E-state index < -0.39 is 11.9 Å². The Morgan fingerprint density at radius 1 is 1.38 bits per heavy atom. The Morgan fingerprint density at radius 2 is 2.14 bits per heavy atom. The third-order valence-corrected chi connectivity index (χ3v) is 2.84. The molecule has 1 aromatic heterocycles. The Kier molecular flexibility index (Phi) is 4.22. The standard InChI is InChI=1S/C14H14N2O5/c1-16(8-9-4-3-5-10(6-9)20-2)13(17)11-7-12(14(18)19)21-15-11/h3-7H,8H2,1-2H3,(H,18,19). The molecule has 110 valence electrons. The van der Waals surface area contributed by atoms with Gasteiger partial charge in [0.15, 0.2) is 5.69 Å². The molecule has 0 fully saturated rings. The molecule has 0 saturated heterocycles. The Balaban J connectivity index is 2.09. The van der Waals surface area contributed by atoms with Crippen LogP contribution in [0.4, 0.5) is 0 Å². The minimum Gasteiger partial charge on any atom is -0.497 e. The van der Waals surface area contributed by atoms with E-state index in [9.17, 15) is 9.59 Å². The molecule has 0 unspecified atom stereocenters. The molecule has 0 atom stereocenters. The number of carboxylic acid groups (broad SMARTS) is 1. The fourth-order valence-electron chi connectivity index (χ4n) is 1.79. The molecule has 7 nitrogen and oxygen atoms in total. The van der Waals surface area contributed by atoms with E-state index in [-0.39, 0.29) is 11.5 Å². The van der Waals surface area contributed by atoms with Gasteiger partial charge in [-0.1, -0.05) is 17.3 Å². The van der Waals surface area contributed by atoms with Gasteiger partial charge in [0.2, 0.25) is 5.76 Å². The predicted molar refractivity (Wildman–Crippen MR) is 72.3 cm³/mol. The zero-order valence-electron chi connectivity index (χ0n) is 11.6. The molecular formula is C14H14N2O5. The number of aromatic carboxylic acids is 1. The number of carboxylic acids is 1. The van der Waals surface area contributed by atoms with E-state index in [1.54, 1.807) is 14.2 Å². The second-order valence-corrected chi connectivity index (χ2v) is 4.39. The van der Waals surface area contributed by atoms with Crippen LogP contribution in [0.3, 0.4) is 0 Å². The van der Waals surface area contributed by atoms with Gasteiger partial charge in [-0.15, -0.1) is 0 Å². The highest BCUT2D eigenvalue weighted by Gasteiger charge is 2.19. The zero-order chi connectivity index (χ0) is 15.4. The van der Waals surface area contributed by atoms with E-state index in [0.717, 1.165) is 11.6 Å². The molecule has 1 heterocycles. The summed E-state index contributed by atoms with van der Waals surface area (Å²) in [6.45, 7) is 0.339. The van der Waals surface area contributed by atoms with Gasteiger partial charge in [-0.05, 0) is 17.7 Å². The highest BCUT2D eigenvalue weighted by atomic mass is 16.5. The van der Waals surface area contributed by atoms with Crippen LogP contribution in [-0.2, 0) is 6.54 Å². The molecule has 1 amide bonds. The van der Waals surface area contributed by atoms with E-state index in [4.69, 9.17) is 9.84 Å². The molecule has 0 saturated carbocycles. The van der Waals surface area contributed by atoms with Crippen LogP contribution in [-0.4, -0.2) is 41.2 Å². The fraction of sp³-hybridized carbons (Fsp3) is 0.214. The summed E-state index contributed by atoms with van der Waals surface area (Å²) >= 11 is 0. The van der Waals surface area contributed by atoms with Gasteiger partial charge in [0.25, 0.3) is 5.91 Å². The predicted octanol–water partition coefficient (Wildman–Crippen LogP) is 1.65. The van der Waals surface area contributed by atoms with E-state index in [2.05, 4.69) is 9.68 Å². The number of hydrogen-bond donors (Lipinski definition) is 1. The quantitative estimate of drug-likeness (QED) is 0.900. The van der Waals surface area contributed by atoms with Crippen molar-refractivity contribution >= 4 is 11.9 Å². The largest absolute Gasteiger partial charge is 0.497 e. The lowest BCUT2D eigenvalue weighted by atomic mass is 10.2. The van der Waals surface area contributed by atoms with Gasteiger partial charge in [0.1, 0.15) is 5.75 Å². The van der Waals surface area contributed by atoms with Crippen molar-refractivity contribution < 1.29 is 24.0 Å². The van der Waals surface area contributed by atoms with Crippen molar-refractivity contribution in [2.75, 3.05) is 14.2 Å². The first-order chi connectivity index (χ1) is 10.0. The van der Waals surface area contributed by atoms with Crippen LogP contribution in [0.5, 0.6) is 5.75 Å². The Labute approximate surface area is 120 Å². The SMILES string of the molecule is COc1cccc(CN(C)C(=O)c2cc(C(=O)O)on2)c1. The summed E-state index contributed by atoms with van der Waals surface area (Å²) in [7, 11) is 3.16. The summed E-state index contributed by atoms with van der Waals surface area (Å²) in [5, 5.41) is 12.2. The maximum absolute atomic E-state index is 12.1. The molecule has 2 aromatic rings. The maximum Gasteiger partial charge on any atom is 0.374 e. The third-order valence-electron chi connectivity index (χ3n) is 2.84. The molecule has 0 radical (unpaired) electrons. The number of aromatic nitrogens is 1. The number of amides is 1. The van der Waals surface area contributed by atoms with Crippen molar-refractivity contribution in [1.29, 1.82) is 0 Å². The molecule has 0 spiro atoms. The van der Waals surface area contributed by atoms with Crippen LogP contribution in [0.2, 0.25) is 0 Å². The smallest absolute Gasteiger partial charge is 0.374 e. The van der Waals surface area contributed by atoms with Gasteiger partial charge in [-0.25, -0.2) is 4.79 Å². The number of carbonyl (C=O) groups excluding carboxylic acids is 1. The Bertz CT molecular complexity index is 665. The molecule has 1 N–H and O–H groups in total. The summed E-state index contributed by atoms with van der Waals surface area (Å²) in [5.41, 5.74) is 0.838. The first-order valence-electron chi connectivity index (χ1n) is 6.09. The van der Waals surface area contributed by atoms with Gasteiger partial charge >= 0.3 is 5.97 Å². The molecular weight excluding hydrogens is 276 g/mol. The lowest BCUT2D eigenvalue weighted by Crippen LogP contribution is -2.26. The molecule has 1 aromatic carbocycles. The number of carbonyl (C=O) groups is 2. The van der Waals surface area contributed by atoms with Crippen molar-refractivity contribution in [2.45, 2.75) is 6.54 Å². The van der Waals surface area contributed by atoms with Gasteiger partial charge in [-0.3, -0.25) is 4.79 Å². The second kappa shape index (κ2) is 6.08. The molecule has 21 heavy (non-hydrogen) atoms. The van der Waals surface area contributed by atoms with Crippen LogP contribution in [0.1, 0.15) is 26.6 Å². The first-order valence-corrected chi connectivity index (χ1v) is 6.09. The second-order valence-electron chi connectivity index (χ2n) is 4.39. The monoisotopic (exact) mass is 290 g/mol. The molecule has 0 aliphatic carbocycles. The van der Waals surface area contributed by atoms with Gasteiger partial charge in [-0.2, -0.15) is 0 Å². The van der Waals surface area contributed by atoms with Crippen molar-refractivity contribution in [3.63, 3.8) is 0 Å². The van der Waals surface area contributed by atoms with Crippen LogP contribution < -0.4 is 4.74 Å². The van der Waals surface area contributed by atoms with Crippen molar-refractivity contribution in [2.24, 2.45) is 0 Å². The normalized spacial score (nSPS) is 10.2. The zero-order valence-corrected chi connectivity index (χ0v) is 11.6. The molecule has 0 bridgehead atoms. The Morgan fingerprint density at radius 3 is 2.76 bits per heavy atom. The Hall–Kier alpha value is -2.83. The molecule has 0 aliphatic heterocycles. The lowest BCUT2D eigenvalue weighted by Gasteiger charge is -2.16. The van der Waals surface area contributed by atoms with Crippen LogP contribution in [0.25, 0.3) is 0 Å². The fourth-order valence-corrected chi connectivity index (χ4v) is 1.79. The number of benzene rings is 1.